The first-order valence-corrected chi connectivity index (χ1v) is 10.6. The minimum absolute atomic E-state index is 0.999. The van der Waals surface area contributed by atoms with Gasteiger partial charge >= 0.3 is 0 Å². The van der Waals surface area contributed by atoms with Crippen molar-refractivity contribution in [2.75, 3.05) is 0 Å². The molecule has 3 fully saturated rings. The van der Waals surface area contributed by atoms with E-state index >= 15 is 0 Å². The van der Waals surface area contributed by atoms with Crippen molar-refractivity contribution >= 4 is 7.28 Å². The molecule has 1 heteroatoms. The van der Waals surface area contributed by atoms with E-state index in [4.69, 9.17) is 0 Å². The fourth-order valence-corrected chi connectivity index (χ4v) is 6.25. The quantitative estimate of drug-likeness (QED) is 0.502. The van der Waals surface area contributed by atoms with Crippen molar-refractivity contribution in [3.63, 3.8) is 0 Å². The molecule has 0 aromatic heterocycles. The minimum atomic E-state index is 0.999. The van der Waals surface area contributed by atoms with Gasteiger partial charge in [-0.2, -0.15) is 0 Å². The van der Waals surface area contributed by atoms with Crippen LogP contribution in [0.2, 0.25) is 13.1 Å². The summed E-state index contributed by atoms with van der Waals surface area (Å²) in [6, 6.07) is 0. The van der Waals surface area contributed by atoms with E-state index in [0.717, 1.165) is 35.5 Å². The first-order valence-electron chi connectivity index (χ1n) is 10.6. The number of hydrogen-bond donors (Lipinski definition) is 0. The fraction of sp³-hybridized carbons (Fsp3) is 1.00. The number of rotatable bonds is 5. The molecule has 0 aliphatic heterocycles. The summed E-state index contributed by atoms with van der Waals surface area (Å²) >= 11 is 0. The van der Waals surface area contributed by atoms with Gasteiger partial charge in [-0.1, -0.05) is 71.4 Å². The molecular weight excluding hydrogens is 263 g/mol. The topological polar surface area (TPSA) is 0 Å². The summed E-state index contributed by atoms with van der Waals surface area (Å²) in [4.78, 5) is 0. The second-order valence-electron chi connectivity index (χ2n) is 9.04. The summed E-state index contributed by atoms with van der Waals surface area (Å²) in [5.74, 6) is 6.34. The Morgan fingerprint density at radius 1 is 0.864 bits per heavy atom. The maximum Gasteiger partial charge on any atom is 0.106 e. The maximum absolute atomic E-state index is 2.54. The lowest BCUT2D eigenvalue weighted by atomic mass is 9.58. The van der Waals surface area contributed by atoms with Gasteiger partial charge in [0.05, 0.1) is 0 Å². The molecule has 0 heterocycles. The van der Waals surface area contributed by atoms with E-state index in [1.54, 1.807) is 38.5 Å². The van der Waals surface area contributed by atoms with E-state index in [1.807, 2.05) is 0 Å². The highest BCUT2D eigenvalue weighted by atomic mass is 14.4. The predicted octanol–water partition coefficient (Wildman–Crippen LogP) is 6.60. The zero-order chi connectivity index (χ0) is 15.4. The molecule has 3 aliphatic carbocycles. The standard InChI is InChI=1S/C21H38B/c1-16-7-3-4-9-18(16)13-21(15-22-2)20-12-11-17-8-5-6-10-19(17)14-20/h16-21H,3-15H2,1-2H3/t16?,17?,18?,19?,20?,21-/m1/s1. The van der Waals surface area contributed by atoms with Gasteiger partial charge in [-0.05, 0) is 61.2 Å². The van der Waals surface area contributed by atoms with Crippen LogP contribution in [-0.2, 0) is 0 Å². The SMILES string of the molecule is C[B]C[C@@H](CC1CCCCC1C)C1CCC2CCCCC2C1. The Bertz CT molecular complexity index is 326. The van der Waals surface area contributed by atoms with Crippen molar-refractivity contribution < 1.29 is 0 Å². The molecule has 22 heavy (non-hydrogen) atoms. The van der Waals surface area contributed by atoms with Gasteiger partial charge in [-0.15, -0.1) is 0 Å². The van der Waals surface area contributed by atoms with E-state index in [0.29, 0.717) is 0 Å². The average Bonchev–Trinajstić information content (AvgIpc) is 2.56. The van der Waals surface area contributed by atoms with Gasteiger partial charge < -0.3 is 0 Å². The Morgan fingerprint density at radius 3 is 2.36 bits per heavy atom. The molecular formula is C21H38B. The second kappa shape index (κ2) is 8.25. The smallest absolute Gasteiger partial charge is 0.0920 e. The van der Waals surface area contributed by atoms with Crippen LogP contribution in [0.4, 0.5) is 0 Å². The highest BCUT2D eigenvalue weighted by Gasteiger charge is 2.36. The Hall–Kier alpha value is 0.0649. The summed E-state index contributed by atoms with van der Waals surface area (Å²) in [6.07, 6.45) is 19.9. The van der Waals surface area contributed by atoms with Gasteiger partial charge in [0.1, 0.15) is 7.28 Å². The second-order valence-corrected chi connectivity index (χ2v) is 9.04. The third-order valence-corrected chi connectivity index (χ3v) is 7.68. The normalized spacial score (nSPS) is 40.7. The summed E-state index contributed by atoms with van der Waals surface area (Å²) < 4.78 is 0. The fourth-order valence-electron chi connectivity index (χ4n) is 6.25. The molecule has 0 nitrogen and oxygen atoms in total. The van der Waals surface area contributed by atoms with E-state index in [1.165, 1.54) is 44.8 Å². The number of hydrogen-bond acceptors (Lipinski definition) is 0. The molecule has 0 spiro atoms. The van der Waals surface area contributed by atoms with Crippen LogP contribution in [0.5, 0.6) is 0 Å². The molecule has 0 saturated heterocycles. The van der Waals surface area contributed by atoms with E-state index < -0.39 is 0 Å². The van der Waals surface area contributed by atoms with Crippen LogP contribution in [0.25, 0.3) is 0 Å². The Labute approximate surface area is 140 Å². The Morgan fingerprint density at radius 2 is 1.59 bits per heavy atom. The summed E-state index contributed by atoms with van der Waals surface area (Å²) in [7, 11) is 2.48. The van der Waals surface area contributed by atoms with Crippen LogP contribution in [-0.4, -0.2) is 7.28 Å². The van der Waals surface area contributed by atoms with Crippen LogP contribution in [0, 0.1) is 35.5 Å². The van der Waals surface area contributed by atoms with E-state index in [9.17, 15) is 0 Å². The lowest BCUT2D eigenvalue weighted by molar-refractivity contribution is 0.0869. The summed E-state index contributed by atoms with van der Waals surface area (Å²) in [5, 5.41) is 0. The Kier molecular flexibility index (Phi) is 6.34. The van der Waals surface area contributed by atoms with Crippen molar-refractivity contribution in [2.24, 2.45) is 35.5 Å². The van der Waals surface area contributed by atoms with Crippen molar-refractivity contribution in [1.82, 2.24) is 0 Å². The number of fused-ring (bicyclic) bond motifs is 1. The molecule has 3 rings (SSSR count). The predicted molar refractivity (Wildman–Crippen MR) is 98.4 cm³/mol. The van der Waals surface area contributed by atoms with Crippen LogP contribution < -0.4 is 0 Å². The molecule has 3 saturated carbocycles. The molecule has 0 aromatic carbocycles. The minimum Gasteiger partial charge on any atom is -0.0920 e. The molecule has 125 valence electrons. The van der Waals surface area contributed by atoms with E-state index in [-0.39, 0.29) is 0 Å². The van der Waals surface area contributed by atoms with Crippen molar-refractivity contribution in [2.45, 2.75) is 97.1 Å². The van der Waals surface area contributed by atoms with Crippen LogP contribution >= 0.6 is 0 Å². The average molecular weight is 301 g/mol. The van der Waals surface area contributed by atoms with Crippen LogP contribution in [0.3, 0.4) is 0 Å². The van der Waals surface area contributed by atoms with Crippen LogP contribution in [0.1, 0.15) is 84.0 Å². The molecule has 6 atom stereocenters. The summed E-state index contributed by atoms with van der Waals surface area (Å²) in [5.41, 5.74) is 0. The Balaban J connectivity index is 1.58. The van der Waals surface area contributed by atoms with Gasteiger partial charge in [0.15, 0.2) is 0 Å². The van der Waals surface area contributed by atoms with Gasteiger partial charge in [-0.25, -0.2) is 0 Å². The van der Waals surface area contributed by atoms with Crippen molar-refractivity contribution in [3.8, 4) is 0 Å². The zero-order valence-electron chi connectivity index (χ0n) is 15.2. The molecule has 0 amide bonds. The maximum atomic E-state index is 2.54. The third-order valence-electron chi connectivity index (χ3n) is 7.68. The molecule has 0 aromatic rings. The highest BCUT2D eigenvalue weighted by Crippen LogP contribution is 2.47. The largest absolute Gasteiger partial charge is 0.106 e. The lowest BCUT2D eigenvalue weighted by Crippen LogP contribution is -2.33. The molecule has 1 radical (unpaired) electrons. The van der Waals surface area contributed by atoms with Crippen LogP contribution in [0.15, 0.2) is 0 Å². The highest BCUT2D eigenvalue weighted by molar-refractivity contribution is 6.33. The van der Waals surface area contributed by atoms with Crippen molar-refractivity contribution in [1.29, 1.82) is 0 Å². The van der Waals surface area contributed by atoms with E-state index in [2.05, 4.69) is 21.0 Å². The first-order chi connectivity index (χ1) is 10.8. The monoisotopic (exact) mass is 301 g/mol. The summed E-state index contributed by atoms with van der Waals surface area (Å²) in [6.45, 7) is 4.83. The molecule has 3 aliphatic rings. The van der Waals surface area contributed by atoms with Gasteiger partial charge in [0.25, 0.3) is 0 Å². The van der Waals surface area contributed by atoms with Gasteiger partial charge in [-0.3, -0.25) is 0 Å². The van der Waals surface area contributed by atoms with Crippen molar-refractivity contribution in [3.05, 3.63) is 0 Å². The molecule has 5 unspecified atom stereocenters. The van der Waals surface area contributed by atoms with Gasteiger partial charge in [0.2, 0.25) is 0 Å². The van der Waals surface area contributed by atoms with Gasteiger partial charge in [0, 0.05) is 0 Å². The lowest BCUT2D eigenvalue weighted by Gasteiger charge is -2.43. The first kappa shape index (κ1) is 16.9. The molecule has 0 N–H and O–H groups in total. The zero-order valence-corrected chi connectivity index (χ0v) is 15.2. The third kappa shape index (κ3) is 4.12. The molecule has 0 bridgehead atoms.